The van der Waals surface area contributed by atoms with Gasteiger partial charge in [0, 0.05) is 13.7 Å². The minimum Gasteiger partial charge on any atom is -0.466 e. The van der Waals surface area contributed by atoms with Gasteiger partial charge in [0.15, 0.2) is 0 Å². The van der Waals surface area contributed by atoms with E-state index < -0.39 is 0 Å². The summed E-state index contributed by atoms with van der Waals surface area (Å²) in [4.78, 5) is 11.4. The molecule has 13 heavy (non-hydrogen) atoms. The van der Waals surface area contributed by atoms with Gasteiger partial charge >= 0.3 is 5.97 Å². The topological polar surface area (TPSA) is 47.6 Å². The molecule has 0 saturated carbocycles. The first-order valence-corrected chi connectivity index (χ1v) is 4.69. The minimum absolute atomic E-state index is 0.0344. The number of ether oxygens (including phenoxy) is 2. The summed E-state index contributed by atoms with van der Waals surface area (Å²) in [5.74, 6) is -0.220. The number of carbonyl (C=O) groups is 1. The number of esters is 1. The zero-order chi connectivity index (χ0) is 9.68. The number of nitrogens with one attached hydrogen (secondary N) is 1. The fraction of sp³-hybridized carbons (Fsp3) is 0.889. The Morgan fingerprint density at radius 1 is 1.62 bits per heavy atom. The molecule has 2 atom stereocenters. The highest BCUT2D eigenvalue weighted by Crippen LogP contribution is 2.16. The Morgan fingerprint density at radius 2 is 2.38 bits per heavy atom. The van der Waals surface area contributed by atoms with Gasteiger partial charge in [-0.25, -0.2) is 0 Å². The molecular weight excluding hydrogens is 170 g/mol. The van der Waals surface area contributed by atoms with E-state index in [-0.39, 0.29) is 18.0 Å². The molecule has 1 unspecified atom stereocenters. The van der Waals surface area contributed by atoms with Crippen LogP contribution in [0.25, 0.3) is 0 Å². The summed E-state index contributed by atoms with van der Waals surface area (Å²) in [6.07, 6.45) is 0.768. The van der Waals surface area contributed by atoms with Crippen LogP contribution in [0.4, 0.5) is 0 Å². The summed E-state index contributed by atoms with van der Waals surface area (Å²) >= 11 is 0. The molecule has 0 aromatic rings. The van der Waals surface area contributed by atoms with E-state index in [9.17, 15) is 4.79 Å². The summed E-state index contributed by atoms with van der Waals surface area (Å²) in [6, 6.07) is 0. The highest BCUT2D eigenvalue weighted by molar-refractivity contribution is 5.73. The van der Waals surface area contributed by atoms with Crippen molar-refractivity contribution in [2.24, 2.45) is 5.92 Å². The van der Waals surface area contributed by atoms with Gasteiger partial charge in [-0.3, -0.25) is 4.79 Å². The fourth-order valence-corrected chi connectivity index (χ4v) is 1.60. The van der Waals surface area contributed by atoms with Gasteiger partial charge in [0.25, 0.3) is 0 Å². The molecule has 1 heterocycles. The van der Waals surface area contributed by atoms with E-state index in [1.54, 1.807) is 7.11 Å². The summed E-state index contributed by atoms with van der Waals surface area (Å²) in [6.45, 7) is 3.86. The summed E-state index contributed by atoms with van der Waals surface area (Å²) in [5, 5.41) is 3.18. The molecule has 0 aromatic carbocycles. The Kier molecular flexibility index (Phi) is 4.18. The first-order valence-electron chi connectivity index (χ1n) is 4.69. The second-order valence-corrected chi connectivity index (χ2v) is 3.13. The van der Waals surface area contributed by atoms with E-state index in [1.165, 1.54) is 0 Å². The molecule has 1 aliphatic rings. The molecule has 0 amide bonds. The van der Waals surface area contributed by atoms with Crippen molar-refractivity contribution < 1.29 is 14.3 Å². The van der Waals surface area contributed by atoms with Gasteiger partial charge in [0.1, 0.15) is 0 Å². The molecule has 1 rings (SSSR count). The Hall–Kier alpha value is -0.610. The Bertz CT molecular complexity index is 172. The van der Waals surface area contributed by atoms with Crippen LogP contribution in [0.3, 0.4) is 0 Å². The molecule has 0 bridgehead atoms. The standard InChI is InChI=1S/C9H17NO3/c1-3-13-9(11)7-4-5-10-6-8(7)12-2/h7-8,10H,3-6H2,1-2H3/t7-,8?/m1/s1. The van der Waals surface area contributed by atoms with Crippen molar-refractivity contribution in [2.45, 2.75) is 19.4 Å². The largest absolute Gasteiger partial charge is 0.466 e. The van der Waals surface area contributed by atoms with Crippen molar-refractivity contribution in [3.8, 4) is 0 Å². The normalized spacial score (nSPS) is 28.5. The molecule has 1 aliphatic heterocycles. The Labute approximate surface area is 78.6 Å². The maximum atomic E-state index is 11.4. The molecule has 1 N–H and O–H groups in total. The molecular formula is C9H17NO3. The van der Waals surface area contributed by atoms with Crippen LogP contribution in [-0.4, -0.2) is 38.9 Å². The van der Waals surface area contributed by atoms with Crippen molar-refractivity contribution in [3.63, 3.8) is 0 Å². The molecule has 1 fully saturated rings. The molecule has 0 aromatic heterocycles. The van der Waals surface area contributed by atoms with E-state index in [0.29, 0.717) is 6.61 Å². The third kappa shape index (κ3) is 2.67. The van der Waals surface area contributed by atoms with Crippen LogP contribution >= 0.6 is 0 Å². The van der Waals surface area contributed by atoms with Crippen LogP contribution in [-0.2, 0) is 14.3 Å². The van der Waals surface area contributed by atoms with Crippen LogP contribution < -0.4 is 5.32 Å². The summed E-state index contributed by atoms with van der Waals surface area (Å²) < 4.78 is 10.2. The van der Waals surface area contributed by atoms with Crippen LogP contribution in [0.5, 0.6) is 0 Å². The SMILES string of the molecule is CCOC(=O)[C@@H]1CCNCC1OC. The van der Waals surface area contributed by atoms with E-state index >= 15 is 0 Å². The average molecular weight is 187 g/mol. The quantitative estimate of drug-likeness (QED) is 0.640. The number of carbonyl (C=O) groups excluding carboxylic acids is 1. The van der Waals surface area contributed by atoms with Crippen LogP contribution in [0.15, 0.2) is 0 Å². The second-order valence-electron chi connectivity index (χ2n) is 3.13. The Morgan fingerprint density at radius 3 is 3.00 bits per heavy atom. The lowest BCUT2D eigenvalue weighted by molar-refractivity contribution is -0.154. The number of hydrogen-bond donors (Lipinski definition) is 1. The number of hydrogen-bond acceptors (Lipinski definition) is 4. The summed E-state index contributed by atoms with van der Waals surface area (Å²) in [7, 11) is 1.63. The zero-order valence-corrected chi connectivity index (χ0v) is 8.21. The highest BCUT2D eigenvalue weighted by Gasteiger charge is 2.31. The van der Waals surface area contributed by atoms with Crippen LogP contribution in [0, 0.1) is 5.92 Å². The Balaban J connectivity index is 2.48. The lowest BCUT2D eigenvalue weighted by atomic mass is 9.95. The number of piperidine rings is 1. The van der Waals surface area contributed by atoms with Gasteiger partial charge in [0.05, 0.1) is 18.6 Å². The predicted octanol–water partition coefficient (Wildman–Crippen LogP) is 0.174. The molecule has 4 heteroatoms. The van der Waals surface area contributed by atoms with Crippen LogP contribution in [0.2, 0.25) is 0 Å². The third-order valence-corrected chi connectivity index (χ3v) is 2.32. The van der Waals surface area contributed by atoms with Gasteiger partial charge in [-0.1, -0.05) is 0 Å². The maximum Gasteiger partial charge on any atom is 0.311 e. The van der Waals surface area contributed by atoms with Gasteiger partial charge in [-0.15, -0.1) is 0 Å². The van der Waals surface area contributed by atoms with Crippen LogP contribution in [0.1, 0.15) is 13.3 Å². The lowest BCUT2D eigenvalue weighted by Gasteiger charge is -2.29. The van der Waals surface area contributed by atoms with E-state index in [2.05, 4.69) is 5.32 Å². The second kappa shape index (κ2) is 5.19. The first kappa shape index (κ1) is 10.5. The smallest absolute Gasteiger partial charge is 0.311 e. The highest BCUT2D eigenvalue weighted by atomic mass is 16.5. The van der Waals surface area contributed by atoms with Gasteiger partial charge in [-0.2, -0.15) is 0 Å². The number of rotatable bonds is 3. The third-order valence-electron chi connectivity index (χ3n) is 2.32. The van der Waals surface area contributed by atoms with Gasteiger partial charge in [-0.05, 0) is 19.9 Å². The van der Waals surface area contributed by atoms with Crippen molar-refractivity contribution in [1.82, 2.24) is 5.32 Å². The van der Waals surface area contributed by atoms with Crippen molar-refractivity contribution in [1.29, 1.82) is 0 Å². The zero-order valence-electron chi connectivity index (χ0n) is 8.21. The summed E-state index contributed by atoms with van der Waals surface area (Å²) in [5.41, 5.74) is 0. The fourth-order valence-electron chi connectivity index (χ4n) is 1.60. The monoisotopic (exact) mass is 187 g/mol. The molecule has 76 valence electrons. The lowest BCUT2D eigenvalue weighted by Crippen LogP contribution is -2.45. The minimum atomic E-state index is -0.129. The van der Waals surface area contributed by atoms with Gasteiger partial charge < -0.3 is 14.8 Å². The molecule has 0 aliphatic carbocycles. The predicted molar refractivity (Wildman–Crippen MR) is 48.4 cm³/mol. The maximum absolute atomic E-state index is 11.4. The van der Waals surface area contributed by atoms with E-state index in [4.69, 9.17) is 9.47 Å². The van der Waals surface area contributed by atoms with Crippen molar-refractivity contribution >= 4 is 5.97 Å². The average Bonchev–Trinajstić information content (AvgIpc) is 2.18. The number of methoxy groups -OCH3 is 1. The molecule has 0 radical (unpaired) electrons. The van der Waals surface area contributed by atoms with Gasteiger partial charge in [0.2, 0.25) is 0 Å². The van der Waals surface area contributed by atoms with Crippen molar-refractivity contribution in [2.75, 3.05) is 26.8 Å². The first-order chi connectivity index (χ1) is 6.29. The van der Waals surface area contributed by atoms with E-state index in [0.717, 1.165) is 19.5 Å². The molecule has 1 saturated heterocycles. The van der Waals surface area contributed by atoms with E-state index in [1.807, 2.05) is 6.92 Å². The molecule has 4 nitrogen and oxygen atoms in total. The van der Waals surface area contributed by atoms with Crippen molar-refractivity contribution in [3.05, 3.63) is 0 Å². The molecule has 0 spiro atoms.